The molecule has 3 rings (SSSR count). The van der Waals surface area contributed by atoms with Crippen LogP contribution in [0.2, 0.25) is 0 Å². The molecule has 0 aromatic heterocycles. The Morgan fingerprint density at radius 2 is 1.73 bits per heavy atom. The van der Waals surface area contributed by atoms with Gasteiger partial charge in [-0.15, -0.1) is 0 Å². The Morgan fingerprint density at radius 3 is 2.35 bits per heavy atom. The number of allylic oxidation sites excluding steroid dienone is 4. The molecule has 1 saturated heterocycles. The maximum Gasteiger partial charge on any atom is 0.487 e. The predicted molar refractivity (Wildman–Crippen MR) is 111 cm³/mol. The van der Waals surface area contributed by atoms with Gasteiger partial charge in [-0.05, 0) is 76.5 Å². The summed E-state index contributed by atoms with van der Waals surface area (Å²) >= 11 is 0. The molecule has 26 heavy (non-hydrogen) atoms. The summed E-state index contributed by atoms with van der Waals surface area (Å²) in [6.07, 6.45) is 12.7. The largest absolute Gasteiger partial charge is 0.487 e. The molecule has 2 aliphatic rings. The summed E-state index contributed by atoms with van der Waals surface area (Å²) < 4.78 is 12.4. The second kappa shape index (κ2) is 7.98. The van der Waals surface area contributed by atoms with Gasteiger partial charge in [-0.25, -0.2) is 0 Å². The highest BCUT2D eigenvalue weighted by Gasteiger charge is 2.50. The lowest BCUT2D eigenvalue weighted by molar-refractivity contribution is 0.00578. The zero-order valence-corrected chi connectivity index (χ0v) is 16.6. The van der Waals surface area contributed by atoms with E-state index in [0.29, 0.717) is 0 Å². The first-order chi connectivity index (χ1) is 12.4. The smallest absolute Gasteiger partial charge is 0.400 e. The maximum atomic E-state index is 6.20. The van der Waals surface area contributed by atoms with Crippen molar-refractivity contribution in [1.82, 2.24) is 0 Å². The van der Waals surface area contributed by atoms with Gasteiger partial charge in [-0.3, -0.25) is 0 Å². The quantitative estimate of drug-likeness (QED) is 0.593. The molecule has 1 heterocycles. The van der Waals surface area contributed by atoms with Gasteiger partial charge in [-0.2, -0.15) is 0 Å². The second-order valence-corrected chi connectivity index (χ2v) is 8.31. The van der Waals surface area contributed by atoms with Crippen LogP contribution in [0.25, 0.3) is 6.08 Å². The lowest BCUT2D eigenvalue weighted by Crippen LogP contribution is -2.41. The monoisotopic (exact) mass is 350 g/mol. The fourth-order valence-electron chi connectivity index (χ4n) is 3.44. The van der Waals surface area contributed by atoms with Crippen LogP contribution >= 0.6 is 0 Å². The zero-order chi connectivity index (χ0) is 18.6. The Kier molecular flexibility index (Phi) is 5.89. The average Bonchev–Trinajstić information content (AvgIpc) is 2.82. The van der Waals surface area contributed by atoms with Gasteiger partial charge < -0.3 is 9.31 Å². The van der Waals surface area contributed by atoms with E-state index in [1.807, 2.05) is 6.07 Å². The molecule has 0 N–H and O–H groups in total. The van der Waals surface area contributed by atoms with Crippen molar-refractivity contribution in [1.29, 1.82) is 0 Å². The molecule has 138 valence electrons. The van der Waals surface area contributed by atoms with Gasteiger partial charge in [0, 0.05) is 0 Å². The van der Waals surface area contributed by atoms with Crippen LogP contribution in [0.5, 0.6) is 0 Å². The van der Waals surface area contributed by atoms with Gasteiger partial charge in [0.25, 0.3) is 0 Å². The van der Waals surface area contributed by atoms with E-state index in [1.165, 1.54) is 36.0 Å². The normalized spacial score (nSPS) is 22.7. The van der Waals surface area contributed by atoms with Crippen molar-refractivity contribution in [2.24, 2.45) is 0 Å². The number of hydrogen-bond donors (Lipinski definition) is 0. The van der Waals surface area contributed by atoms with Crippen LogP contribution in [-0.2, 0) is 9.31 Å². The minimum absolute atomic E-state index is 0.275. The molecule has 1 aliphatic carbocycles. The standard InChI is InChI=1S/C23H31BO2/c1-22(2)23(3,4)26-24(25-22)18-21(20-15-9-6-10-16-20)17-11-14-19-12-7-5-8-13-19/h5,7-8,11-15,18H,6,9-10,16-17H2,1-4H3/b14-11+,21-18+. The van der Waals surface area contributed by atoms with Gasteiger partial charge in [0.15, 0.2) is 0 Å². The van der Waals surface area contributed by atoms with E-state index < -0.39 is 0 Å². The zero-order valence-electron chi connectivity index (χ0n) is 16.6. The minimum Gasteiger partial charge on any atom is -0.400 e. The molecule has 0 unspecified atom stereocenters. The Bertz CT molecular complexity index is 682. The highest BCUT2D eigenvalue weighted by atomic mass is 16.7. The van der Waals surface area contributed by atoms with E-state index in [0.717, 1.165) is 12.8 Å². The summed E-state index contributed by atoms with van der Waals surface area (Å²) in [5, 5.41) is 0. The number of rotatable bonds is 5. The van der Waals surface area contributed by atoms with E-state index in [-0.39, 0.29) is 18.3 Å². The van der Waals surface area contributed by atoms with Gasteiger partial charge in [0.05, 0.1) is 11.2 Å². The topological polar surface area (TPSA) is 18.5 Å². The van der Waals surface area contributed by atoms with Crippen molar-refractivity contribution >= 4 is 13.2 Å². The summed E-state index contributed by atoms with van der Waals surface area (Å²) in [6, 6.07) is 10.5. The average molecular weight is 350 g/mol. The third-order valence-electron chi connectivity index (χ3n) is 5.76. The highest BCUT2D eigenvalue weighted by Crippen LogP contribution is 2.38. The lowest BCUT2D eigenvalue weighted by atomic mass is 9.81. The summed E-state index contributed by atoms with van der Waals surface area (Å²) in [7, 11) is -0.275. The minimum atomic E-state index is -0.292. The molecule has 1 fully saturated rings. The van der Waals surface area contributed by atoms with Crippen LogP contribution in [0.3, 0.4) is 0 Å². The Labute approximate surface area is 159 Å². The van der Waals surface area contributed by atoms with E-state index >= 15 is 0 Å². The van der Waals surface area contributed by atoms with E-state index in [2.05, 4.69) is 76.2 Å². The maximum absolute atomic E-state index is 6.20. The van der Waals surface area contributed by atoms with Crippen LogP contribution in [0.4, 0.5) is 0 Å². The fourth-order valence-corrected chi connectivity index (χ4v) is 3.44. The van der Waals surface area contributed by atoms with Crippen LogP contribution in [-0.4, -0.2) is 18.3 Å². The fraction of sp³-hybridized carbons (Fsp3) is 0.478. The number of benzene rings is 1. The van der Waals surface area contributed by atoms with Crippen LogP contribution < -0.4 is 0 Å². The van der Waals surface area contributed by atoms with Crippen LogP contribution in [0.15, 0.2) is 59.6 Å². The lowest BCUT2D eigenvalue weighted by Gasteiger charge is -2.32. The molecular weight excluding hydrogens is 319 g/mol. The summed E-state index contributed by atoms with van der Waals surface area (Å²) in [6.45, 7) is 8.43. The van der Waals surface area contributed by atoms with E-state index in [9.17, 15) is 0 Å². The van der Waals surface area contributed by atoms with Crippen molar-refractivity contribution in [2.45, 2.75) is 71.0 Å². The Balaban J connectivity index is 1.78. The van der Waals surface area contributed by atoms with Gasteiger partial charge in [-0.1, -0.05) is 54.5 Å². The van der Waals surface area contributed by atoms with Crippen molar-refractivity contribution in [3.05, 3.63) is 65.2 Å². The molecule has 2 nitrogen and oxygen atoms in total. The third kappa shape index (κ3) is 4.58. The van der Waals surface area contributed by atoms with Crippen LogP contribution in [0.1, 0.15) is 65.4 Å². The molecule has 1 aromatic rings. The van der Waals surface area contributed by atoms with E-state index in [1.54, 1.807) is 0 Å². The van der Waals surface area contributed by atoms with E-state index in [4.69, 9.17) is 9.31 Å². The molecular formula is C23H31BO2. The van der Waals surface area contributed by atoms with Crippen molar-refractivity contribution in [2.75, 3.05) is 0 Å². The molecule has 0 atom stereocenters. The SMILES string of the molecule is CC1(C)OB(/C=C(\C/C=C/c2ccccc2)C2=CCCCC2)OC1(C)C. The molecule has 0 radical (unpaired) electrons. The third-order valence-corrected chi connectivity index (χ3v) is 5.76. The summed E-state index contributed by atoms with van der Waals surface area (Å²) in [5.74, 6) is 2.20. The highest BCUT2D eigenvalue weighted by molar-refractivity contribution is 6.52. The van der Waals surface area contributed by atoms with Gasteiger partial charge in [0.2, 0.25) is 0 Å². The van der Waals surface area contributed by atoms with Gasteiger partial charge in [0.1, 0.15) is 0 Å². The summed E-state index contributed by atoms with van der Waals surface area (Å²) in [5.41, 5.74) is 3.46. The molecule has 0 bridgehead atoms. The predicted octanol–water partition coefficient (Wildman–Crippen LogP) is 6.15. The van der Waals surface area contributed by atoms with Crippen molar-refractivity contribution in [3.8, 4) is 0 Å². The molecule has 0 amide bonds. The summed E-state index contributed by atoms with van der Waals surface area (Å²) in [4.78, 5) is 0. The first kappa shape index (κ1) is 19.2. The molecule has 3 heteroatoms. The number of hydrogen-bond acceptors (Lipinski definition) is 2. The van der Waals surface area contributed by atoms with Crippen molar-refractivity contribution in [3.63, 3.8) is 0 Å². The van der Waals surface area contributed by atoms with Crippen LogP contribution in [0, 0.1) is 0 Å². The van der Waals surface area contributed by atoms with Crippen molar-refractivity contribution < 1.29 is 9.31 Å². The molecule has 0 spiro atoms. The first-order valence-electron chi connectivity index (χ1n) is 9.85. The molecule has 1 aromatic carbocycles. The van der Waals surface area contributed by atoms with Gasteiger partial charge >= 0.3 is 7.12 Å². The first-order valence-corrected chi connectivity index (χ1v) is 9.85. The molecule has 0 saturated carbocycles. The Hall–Kier alpha value is -1.58. The second-order valence-electron chi connectivity index (χ2n) is 8.31. The Morgan fingerprint density at radius 1 is 1.04 bits per heavy atom. The molecule has 1 aliphatic heterocycles.